The summed E-state index contributed by atoms with van der Waals surface area (Å²) in [4.78, 5) is 60.7. The SMILES string of the molecule is CSCCC(NC(=O)C(CC(N)=O)NC(=O)C(NC(=O)C(N)CC(C)C)C(C)C)C(=O)O. The molecule has 0 aliphatic carbocycles. The molecule has 11 nitrogen and oxygen atoms in total. The third-order valence-corrected chi connectivity index (χ3v) is 5.22. The number of nitrogens with one attached hydrogen (secondary N) is 3. The largest absolute Gasteiger partial charge is 0.480 e. The zero-order valence-corrected chi connectivity index (χ0v) is 20.2. The Labute approximate surface area is 193 Å². The Morgan fingerprint density at radius 2 is 1.47 bits per heavy atom. The van der Waals surface area contributed by atoms with E-state index in [1.807, 2.05) is 13.8 Å². The van der Waals surface area contributed by atoms with E-state index < -0.39 is 60.2 Å². The zero-order chi connectivity index (χ0) is 25.0. The summed E-state index contributed by atoms with van der Waals surface area (Å²) in [5.74, 6) is -3.84. The molecule has 0 bridgehead atoms. The first-order valence-electron chi connectivity index (χ1n) is 10.5. The van der Waals surface area contributed by atoms with Crippen molar-refractivity contribution in [1.29, 1.82) is 0 Å². The lowest BCUT2D eigenvalue weighted by Crippen LogP contribution is -2.59. The summed E-state index contributed by atoms with van der Waals surface area (Å²) in [5, 5.41) is 16.6. The first-order chi connectivity index (χ1) is 14.8. The number of carbonyl (C=O) groups excluding carboxylic acids is 4. The van der Waals surface area contributed by atoms with Crippen molar-refractivity contribution in [2.75, 3.05) is 12.0 Å². The van der Waals surface area contributed by atoms with Gasteiger partial charge in [0, 0.05) is 0 Å². The molecule has 0 aromatic heterocycles. The van der Waals surface area contributed by atoms with Crippen LogP contribution in [0.25, 0.3) is 0 Å². The first-order valence-corrected chi connectivity index (χ1v) is 11.9. The normalized spacial score (nSPS) is 14.9. The molecule has 184 valence electrons. The highest BCUT2D eigenvalue weighted by atomic mass is 32.2. The number of hydrogen-bond acceptors (Lipinski definition) is 7. The molecule has 0 radical (unpaired) electrons. The van der Waals surface area contributed by atoms with Crippen LogP contribution in [0.2, 0.25) is 0 Å². The van der Waals surface area contributed by atoms with Crippen molar-refractivity contribution in [2.24, 2.45) is 23.3 Å². The van der Waals surface area contributed by atoms with Gasteiger partial charge in [0.15, 0.2) is 0 Å². The molecule has 0 aromatic rings. The van der Waals surface area contributed by atoms with Crippen molar-refractivity contribution in [3.63, 3.8) is 0 Å². The maximum absolute atomic E-state index is 12.8. The van der Waals surface area contributed by atoms with Gasteiger partial charge in [0.1, 0.15) is 18.1 Å². The number of carbonyl (C=O) groups is 5. The van der Waals surface area contributed by atoms with Gasteiger partial charge in [-0.2, -0.15) is 11.8 Å². The monoisotopic (exact) mass is 475 g/mol. The summed E-state index contributed by atoms with van der Waals surface area (Å²) in [6.45, 7) is 7.22. The highest BCUT2D eigenvalue weighted by Gasteiger charge is 2.32. The molecule has 12 heteroatoms. The Morgan fingerprint density at radius 1 is 0.906 bits per heavy atom. The number of rotatable bonds is 15. The number of carboxylic acids is 1. The zero-order valence-electron chi connectivity index (χ0n) is 19.3. The minimum absolute atomic E-state index is 0.165. The van der Waals surface area contributed by atoms with E-state index in [2.05, 4.69) is 16.0 Å². The van der Waals surface area contributed by atoms with E-state index in [9.17, 15) is 29.1 Å². The third kappa shape index (κ3) is 11.3. The van der Waals surface area contributed by atoms with Gasteiger partial charge in [-0.05, 0) is 36.7 Å². The quantitative estimate of drug-likeness (QED) is 0.177. The van der Waals surface area contributed by atoms with E-state index in [0.29, 0.717) is 12.2 Å². The van der Waals surface area contributed by atoms with Crippen molar-refractivity contribution < 1.29 is 29.1 Å². The van der Waals surface area contributed by atoms with E-state index in [1.54, 1.807) is 20.1 Å². The molecule has 0 heterocycles. The summed E-state index contributed by atoms with van der Waals surface area (Å²) in [7, 11) is 0. The Hall–Kier alpha value is -2.34. The van der Waals surface area contributed by atoms with E-state index in [1.165, 1.54) is 11.8 Å². The Bertz CT molecular complexity index is 673. The standard InChI is InChI=1S/C20H37N5O6S/c1-10(2)8-12(21)17(27)25-16(11(3)4)19(29)24-14(9-15(22)26)18(28)23-13(20(30)31)6-7-32-5/h10-14,16H,6-9,21H2,1-5H3,(H2,22,26)(H,23,28)(H,24,29)(H,25,27)(H,30,31). The van der Waals surface area contributed by atoms with Crippen molar-refractivity contribution in [2.45, 2.75) is 71.1 Å². The Morgan fingerprint density at radius 3 is 1.91 bits per heavy atom. The predicted molar refractivity (Wildman–Crippen MR) is 123 cm³/mol. The third-order valence-electron chi connectivity index (χ3n) is 4.57. The molecule has 0 aliphatic rings. The fourth-order valence-electron chi connectivity index (χ4n) is 2.85. The second kappa shape index (κ2) is 14.7. The fourth-order valence-corrected chi connectivity index (χ4v) is 3.32. The van der Waals surface area contributed by atoms with Crippen LogP contribution in [0.5, 0.6) is 0 Å². The molecule has 0 saturated carbocycles. The van der Waals surface area contributed by atoms with Crippen LogP contribution < -0.4 is 27.4 Å². The van der Waals surface area contributed by atoms with Crippen molar-refractivity contribution >= 4 is 41.4 Å². The van der Waals surface area contributed by atoms with E-state index in [0.717, 1.165) is 0 Å². The average Bonchev–Trinajstić information content (AvgIpc) is 2.66. The van der Waals surface area contributed by atoms with E-state index >= 15 is 0 Å². The van der Waals surface area contributed by atoms with Crippen molar-refractivity contribution in [3.05, 3.63) is 0 Å². The molecule has 0 spiro atoms. The summed E-state index contributed by atoms with van der Waals surface area (Å²) in [6.07, 6.45) is 1.86. The maximum Gasteiger partial charge on any atom is 0.326 e. The van der Waals surface area contributed by atoms with Crippen LogP contribution in [0.3, 0.4) is 0 Å². The van der Waals surface area contributed by atoms with Gasteiger partial charge in [-0.3, -0.25) is 19.2 Å². The first kappa shape index (κ1) is 29.7. The van der Waals surface area contributed by atoms with Gasteiger partial charge in [0.2, 0.25) is 23.6 Å². The molecule has 4 amide bonds. The summed E-state index contributed by atoms with van der Waals surface area (Å²) < 4.78 is 0. The highest BCUT2D eigenvalue weighted by molar-refractivity contribution is 7.98. The van der Waals surface area contributed by atoms with Crippen molar-refractivity contribution in [3.8, 4) is 0 Å². The molecular weight excluding hydrogens is 438 g/mol. The number of primary amides is 1. The topological polar surface area (TPSA) is 194 Å². The van der Waals surface area contributed by atoms with E-state index in [-0.39, 0.29) is 18.3 Å². The summed E-state index contributed by atoms with van der Waals surface area (Å²) in [5.41, 5.74) is 11.1. The second-order valence-electron chi connectivity index (χ2n) is 8.38. The molecule has 0 saturated heterocycles. The van der Waals surface area contributed by atoms with Gasteiger partial charge in [0.25, 0.3) is 0 Å². The molecule has 0 rings (SSSR count). The molecule has 0 aliphatic heterocycles. The molecule has 8 N–H and O–H groups in total. The van der Waals surface area contributed by atoms with Crippen LogP contribution in [0.4, 0.5) is 0 Å². The van der Waals surface area contributed by atoms with Gasteiger partial charge in [-0.1, -0.05) is 27.7 Å². The Balaban J connectivity index is 5.40. The lowest BCUT2D eigenvalue weighted by Gasteiger charge is -2.26. The van der Waals surface area contributed by atoms with Crippen LogP contribution in [0.1, 0.15) is 47.0 Å². The van der Waals surface area contributed by atoms with Gasteiger partial charge >= 0.3 is 5.97 Å². The minimum atomic E-state index is -1.39. The van der Waals surface area contributed by atoms with Crippen LogP contribution >= 0.6 is 11.8 Å². The molecule has 4 atom stereocenters. The minimum Gasteiger partial charge on any atom is -0.480 e. The van der Waals surface area contributed by atoms with Gasteiger partial charge in [0.05, 0.1) is 12.5 Å². The number of amides is 4. The van der Waals surface area contributed by atoms with Crippen LogP contribution in [0, 0.1) is 11.8 Å². The van der Waals surface area contributed by atoms with Gasteiger partial charge in [-0.15, -0.1) is 0 Å². The number of nitrogens with two attached hydrogens (primary N) is 2. The highest BCUT2D eigenvalue weighted by Crippen LogP contribution is 2.08. The molecule has 32 heavy (non-hydrogen) atoms. The number of hydrogen-bond donors (Lipinski definition) is 6. The molecule has 0 aromatic carbocycles. The number of thioether (sulfide) groups is 1. The van der Waals surface area contributed by atoms with E-state index in [4.69, 9.17) is 11.5 Å². The molecule has 0 fully saturated rings. The van der Waals surface area contributed by atoms with Crippen LogP contribution in [0.15, 0.2) is 0 Å². The van der Waals surface area contributed by atoms with Gasteiger partial charge in [-0.25, -0.2) is 4.79 Å². The maximum atomic E-state index is 12.8. The lowest BCUT2D eigenvalue weighted by molar-refractivity contribution is -0.142. The smallest absolute Gasteiger partial charge is 0.326 e. The Kier molecular flexibility index (Phi) is 13.6. The molecule has 4 unspecified atom stereocenters. The number of carboxylic acid groups (broad SMARTS) is 1. The van der Waals surface area contributed by atoms with Crippen LogP contribution in [-0.2, 0) is 24.0 Å². The molecular formula is C20H37N5O6S. The fraction of sp³-hybridized carbons (Fsp3) is 0.750. The van der Waals surface area contributed by atoms with Crippen molar-refractivity contribution in [1.82, 2.24) is 16.0 Å². The number of aliphatic carboxylic acids is 1. The second-order valence-corrected chi connectivity index (χ2v) is 9.36. The average molecular weight is 476 g/mol. The van der Waals surface area contributed by atoms with Gasteiger partial charge < -0.3 is 32.5 Å². The lowest BCUT2D eigenvalue weighted by atomic mass is 10.00. The summed E-state index contributed by atoms with van der Waals surface area (Å²) >= 11 is 1.41. The predicted octanol–water partition coefficient (Wildman–Crippen LogP) is -0.817. The summed E-state index contributed by atoms with van der Waals surface area (Å²) in [6, 6.07) is -4.40. The van der Waals surface area contributed by atoms with Crippen LogP contribution in [-0.4, -0.2) is 70.9 Å².